The van der Waals surface area contributed by atoms with Crippen molar-refractivity contribution in [3.8, 4) is 5.75 Å². The van der Waals surface area contributed by atoms with Crippen molar-refractivity contribution in [1.29, 1.82) is 0 Å². The number of ether oxygens (including phenoxy) is 1. The van der Waals surface area contributed by atoms with Crippen molar-refractivity contribution in [2.45, 2.75) is 52.6 Å². The molecular formula is C19H32NO2P. The molecular weight excluding hydrogens is 305 g/mol. The van der Waals surface area contributed by atoms with Crippen molar-refractivity contribution < 1.29 is 9.53 Å². The van der Waals surface area contributed by atoms with Gasteiger partial charge in [0.2, 0.25) is 0 Å². The Morgan fingerprint density at radius 1 is 1.13 bits per heavy atom. The number of rotatable bonds is 7. The fourth-order valence-electron chi connectivity index (χ4n) is 4.36. The summed E-state index contributed by atoms with van der Waals surface area (Å²) in [5, 5.41) is 3.24. The Morgan fingerprint density at radius 3 is 1.96 bits per heavy atom. The third-order valence-electron chi connectivity index (χ3n) is 6.21. The van der Waals surface area contributed by atoms with E-state index in [0.717, 1.165) is 35.4 Å². The Morgan fingerprint density at radius 2 is 1.61 bits per heavy atom. The van der Waals surface area contributed by atoms with Gasteiger partial charge in [-0.3, -0.25) is 0 Å². The van der Waals surface area contributed by atoms with Crippen LogP contribution in [0.25, 0.3) is 0 Å². The summed E-state index contributed by atoms with van der Waals surface area (Å²) in [5.41, 5.74) is 3.11. The second kappa shape index (κ2) is 6.81. The molecule has 4 heteroatoms. The van der Waals surface area contributed by atoms with Gasteiger partial charge in [-0.25, -0.2) is 0 Å². The molecule has 1 aliphatic carbocycles. The third kappa shape index (κ3) is 3.01. The number of nitrogens with one attached hydrogen (secondary N) is 1. The van der Waals surface area contributed by atoms with Crippen LogP contribution in [0.3, 0.4) is 0 Å². The van der Waals surface area contributed by atoms with Crippen LogP contribution in [0.5, 0.6) is 5.75 Å². The van der Waals surface area contributed by atoms with Gasteiger partial charge in [0, 0.05) is 0 Å². The van der Waals surface area contributed by atoms with Gasteiger partial charge in [-0.05, 0) is 0 Å². The van der Waals surface area contributed by atoms with Crippen LogP contribution in [0.4, 0.5) is 5.69 Å². The van der Waals surface area contributed by atoms with E-state index in [1.165, 1.54) is 18.5 Å². The summed E-state index contributed by atoms with van der Waals surface area (Å²) < 4.78 is 5.32. The van der Waals surface area contributed by atoms with Crippen LogP contribution < -0.4 is 10.1 Å². The quantitative estimate of drug-likeness (QED) is 0.739. The Labute approximate surface area is 141 Å². The van der Waals surface area contributed by atoms with Crippen LogP contribution in [-0.4, -0.2) is 36.7 Å². The van der Waals surface area contributed by atoms with E-state index in [0.29, 0.717) is 0 Å². The summed E-state index contributed by atoms with van der Waals surface area (Å²) in [6, 6.07) is 3.98. The first-order valence-electron chi connectivity index (χ1n) is 8.86. The third-order valence-corrected chi connectivity index (χ3v) is 13.0. The molecule has 1 N–H and O–H groups in total. The summed E-state index contributed by atoms with van der Waals surface area (Å²) in [7, 11) is 0.136. The van der Waals surface area contributed by atoms with Gasteiger partial charge in [0.1, 0.15) is 0 Å². The van der Waals surface area contributed by atoms with Crippen molar-refractivity contribution in [2.75, 3.05) is 30.9 Å². The second-order valence-corrected chi connectivity index (χ2v) is 12.7. The Hall–Kier alpha value is -1.08. The average molecular weight is 337 g/mol. The van der Waals surface area contributed by atoms with Gasteiger partial charge in [-0.1, -0.05) is 0 Å². The van der Waals surface area contributed by atoms with E-state index in [1.807, 2.05) is 26.0 Å². The van der Waals surface area contributed by atoms with Gasteiger partial charge in [0.25, 0.3) is 0 Å². The molecule has 0 aromatic heterocycles. The maximum absolute atomic E-state index is 13.2. The molecule has 2 rings (SSSR count). The van der Waals surface area contributed by atoms with Crippen LogP contribution in [0, 0.1) is 13.8 Å². The van der Waals surface area contributed by atoms with E-state index in [9.17, 15) is 4.79 Å². The minimum atomic E-state index is -1.54. The van der Waals surface area contributed by atoms with E-state index in [4.69, 9.17) is 4.74 Å². The molecule has 1 aliphatic rings. The number of anilines is 1. The zero-order valence-corrected chi connectivity index (χ0v) is 16.5. The minimum absolute atomic E-state index is 0.0376. The monoisotopic (exact) mass is 337 g/mol. The van der Waals surface area contributed by atoms with Gasteiger partial charge >= 0.3 is 141 Å². The summed E-state index contributed by atoms with van der Waals surface area (Å²) in [6.07, 6.45) is 5.76. The molecule has 23 heavy (non-hydrogen) atoms. The van der Waals surface area contributed by atoms with Gasteiger partial charge < -0.3 is 0 Å². The number of methoxy groups -OCH3 is 1. The van der Waals surface area contributed by atoms with Crippen molar-refractivity contribution in [1.82, 2.24) is 0 Å². The van der Waals surface area contributed by atoms with Gasteiger partial charge in [-0.2, -0.15) is 0 Å². The first kappa shape index (κ1) is 18.3. The number of hydrogen-bond donors (Lipinski definition) is 1. The molecule has 1 aromatic carbocycles. The SMILES string of the molecule is CC[PH](CC)(CC)C1(C(=O)Nc2c(C)cc(OC)cc2C)CC1. The van der Waals surface area contributed by atoms with E-state index in [2.05, 4.69) is 26.1 Å². The molecule has 1 saturated carbocycles. The molecule has 0 saturated heterocycles. The van der Waals surface area contributed by atoms with Crippen molar-refractivity contribution >= 4 is 18.9 Å². The predicted molar refractivity (Wildman–Crippen MR) is 103 cm³/mol. The van der Waals surface area contributed by atoms with E-state index in [1.54, 1.807) is 7.11 Å². The van der Waals surface area contributed by atoms with Crippen molar-refractivity contribution in [2.24, 2.45) is 0 Å². The summed E-state index contributed by atoms with van der Waals surface area (Å²) >= 11 is 0. The number of carbonyl (C=O) groups excluding carboxylic acids is 1. The Balaban J connectivity index is 2.30. The van der Waals surface area contributed by atoms with Crippen LogP contribution in [0.1, 0.15) is 44.7 Å². The Bertz CT molecular complexity index is 558. The molecule has 0 heterocycles. The topological polar surface area (TPSA) is 38.3 Å². The fourth-order valence-corrected chi connectivity index (χ4v) is 9.62. The normalized spacial score (nSPS) is 16.8. The maximum atomic E-state index is 13.2. The molecule has 1 fully saturated rings. The van der Waals surface area contributed by atoms with E-state index < -0.39 is 7.26 Å². The molecule has 1 aromatic rings. The first-order valence-corrected chi connectivity index (χ1v) is 11.5. The summed E-state index contributed by atoms with van der Waals surface area (Å²) in [5.74, 6) is 1.12. The number of carbonyl (C=O) groups is 1. The van der Waals surface area contributed by atoms with Crippen molar-refractivity contribution in [3.05, 3.63) is 23.3 Å². The molecule has 0 spiro atoms. The molecule has 0 unspecified atom stereocenters. The van der Waals surface area contributed by atoms with Crippen LogP contribution in [0.2, 0.25) is 0 Å². The zero-order valence-electron chi connectivity index (χ0n) is 15.5. The Kier molecular flexibility index (Phi) is 5.41. The van der Waals surface area contributed by atoms with Crippen LogP contribution >= 0.6 is 7.26 Å². The predicted octanol–water partition coefficient (Wildman–Crippen LogP) is 4.59. The number of aryl methyl sites for hydroxylation is 2. The summed E-state index contributed by atoms with van der Waals surface area (Å²) in [6.45, 7) is 10.9. The van der Waals surface area contributed by atoms with Gasteiger partial charge in [-0.15, -0.1) is 0 Å². The molecule has 0 atom stereocenters. The molecule has 0 bridgehead atoms. The summed E-state index contributed by atoms with van der Waals surface area (Å²) in [4.78, 5) is 13.2. The van der Waals surface area contributed by atoms with Gasteiger partial charge in [0.15, 0.2) is 0 Å². The standard InChI is InChI=1S/C19H32NO2P/c1-7-23(8-2,9-3)19(10-11-19)18(21)20-17-14(4)12-16(22-6)13-15(17)5/h12-13,23H,7-11H2,1-6H3,(H,20,21). The first-order chi connectivity index (χ1) is 10.9. The number of benzene rings is 1. The number of hydrogen-bond acceptors (Lipinski definition) is 2. The average Bonchev–Trinajstić information content (AvgIpc) is 3.35. The zero-order chi connectivity index (χ0) is 17.3. The molecule has 130 valence electrons. The molecule has 0 radical (unpaired) electrons. The molecule has 0 aliphatic heterocycles. The van der Waals surface area contributed by atoms with E-state index in [-0.39, 0.29) is 11.1 Å². The van der Waals surface area contributed by atoms with Gasteiger partial charge in [0.05, 0.1) is 0 Å². The van der Waals surface area contributed by atoms with E-state index >= 15 is 0 Å². The number of amides is 1. The second-order valence-electron chi connectivity index (χ2n) is 7.01. The van der Waals surface area contributed by atoms with Crippen LogP contribution in [0.15, 0.2) is 12.1 Å². The van der Waals surface area contributed by atoms with Crippen LogP contribution in [-0.2, 0) is 4.79 Å². The molecule has 1 amide bonds. The molecule has 3 nitrogen and oxygen atoms in total. The fraction of sp³-hybridized carbons (Fsp3) is 0.632. The van der Waals surface area contributed by atoms with Crippen molar-refractivity contribution in [3.63, 3.8) is 0 Å².